The van der Waals surface area contributed by atoms with Crippen LogP contribution in [0.2, 0.25) is 10.0 Å². The molecule has 5 rings (SSSR count). The number of nitrogens with two attached hydrogens (primary N) is 1. The van der Waals surface area contributed by atoms with Crippen LogP contribution in [0.4, 0.5) is 5.69 Å². The quantitative estimate of drug-likeness (QED) is 0.470. The van der Waals surface area contributed by atoms with E-state index in [1.165, 1.54) is 0 Å². The van der Waals surface area contributed by atoms with Crippen molar-refractivity contribution in [1.29, 1.82) is 0 Å². The fraction of sp³-hybridized carbons (Fsp3) is 0.0500. The molecule has 0 unspecified atom stereocenters. The maximum atomic E-state index is 6.15. The van der Waals surface area contributed by atoms with Crippen molar-refractivity contribution in [2.45, 2.75) is 6.54 Å². The fourth-order valence-electron chi connectivity index (χ4n) is 3.28. The van der Waals surface area contributed by atoms with Crippen molar-refractivity contribution in [2.24, 2.45) is 0 Å². The van der Waals surface area contributed by atoms with Gasteiger partial charge in [-0.05, 0) is 42.0 Å². The van der Waals surface area contributed by atoms with E-state index < -0.39 is 0 Å². The number of imidazole rings is 1. The van der Waals surface area contributed by atoms with Crippen molar-refractivity contribution in [3.05, 3.63) is 76.9 Å². The van der Waals surface area contributed by atoms with E-state index in [2.05, 4.69) is 15.1 Å². The van der Waals surface area contributed by atoms with E-state index >= 15 is 0 Å². The number of halogens is 2. The van der Waals surface area contributed by atoms with Crippen LogP contribution < -0.4 is 5.73 Å². The summed E-state index contributed by atoms with van der Waals surface area (Å²) in [5.41, 5.74) is 12.0. The molecule has 4 aromatic heterocycles. The fourth-order valence-corrected chi connectivity index (χ4v) is 3.80. The molecule has 28 heavy (non-hydrogen) atoms. The minimum atomic E-state index is 0.537. The molecule has 0 saturated carbocycles. The Bertz CT molecular complexity index is 1320. The number of rotatable bonds is 3. The Labute approximate surface area is 170 Å². The Morgan fingerprint density at radius 1 is 0.893 bits per heavy atom. The van der Waals surface area contributed by atoms with E-state index in [4.69, 9.17) is 28.9 Å². The summed E-state index contributed by atoms with van der Waals surface area (Å²) < 4.78 is 3.86. The van der Waals surface area contributed by atoms with Crippen LogP contribution in [0.1, 0.15) is 5.69 Å². The SMILES string of the molecule is Nc1ccc2ncc(Cn3ncc4ncc(-c5cc(Cl)cc(Cl)c5)cc43)n2c1. The molecule has 0 atom stereocenters. The number of nitrogens with zero attached hydrogens (tertiary/aromatic N) is 5. The van der Waals surface area contributed by atoms with E-state index in [1.54, 1.807) is 18.5 Å². The van der Waals surface area contributed by atoms with E-state index in [-0.39, 0.29) is 0 Å². The minimum Gasteiger partial charge on any atom is -0.398 e. The summed E-state index contributed by atoms with van der Waals surface area (Å²) in [5, 5.41) is 5.66. The van der Waals surface area contributed by atoms with Crippen LogP contribution in [0.25, 0.3) is 27.8 Å². The lowest BCUT2D eigenvalue weighted by atomic mass is 10.1. The van der Waals surface area contributed by atoms with Crippen LogP contribution in [0, 0.1) is 0 Å². The van der Waals surface area contributed by atoms with Gasteiger partial charge in [-0.1, -0.05) is 23.2 Å². The van der Waals surface area contributed by atoms with Gasteiger partial charge in [0, 0.05) is 33.7 Å². The summed E-state index contributed by atoms with van der Waals surface area (Å²) in [7, 11) is 0. The molecule has 138 valence electrons. The molecule has 0 radical (unpaired) electrons. The molecule has 0 bridgehead atoms. The van der Waals surface area contributed by atoms with Gasteiger partial charge in [-0.15, -0.1) is 0 Å². The average molecular weight is 409 g/mol. The zero-order valence-corrected chi connectivity index (χ0v) is 16.1. The van der Waals surface area contributed by atoms with Crippen LogP contribution in [0.3, 0.4) is 0 Å². The maximum absolute atomic E-state index is 6.15. The summed E-state index contributed by atoms with van der Waals surface area (Å²) in [6, 6.07) is 11.2. The second-order valence-electron chi connectivity index (χ2n) is 6.53. The minimum absolute atomic E-state index is 0.537. The lowest BCUT2D eigenvalue weighted by Crippen LogP contribution is -2.05. The summed E-state index contributed by atoms with van der Waals surface area (Å²) in [5.74, 6) is 0. The van der Waals surface area contributed by atoms with Crippen molar-refractivity contribution >= 4 is 45.6 Å². The monoisotopic (exact) mass is 408 g/mol. The number of hydrogen-bond donors (Lipinski definition) is 1. The van der Waals surface area contributed by atoms with Crippen molar-refractivity contribution in [2.75, 3.05) is 5.73 Å². The van der Waals surface area contributed by atoms with Gasteiger partial charge < -0.3 is 10.1 Å². The first-order valence-corrected chi connectivity index (χ1v) is 9.32. The van der Waals surface area contributed by atoms with Gasteiger partial charge >= 0.3 is 0 Å². The van der Waals surface area contributed by atoms with Crippen molar-refractivity contribution < 1.29 is 0 Å². The normalized spacial score (nSPS) is 11.5. The van der Waals surface area contributed by atoms with Crippen LogP contribution >= 0.6 is 23.2 Å². The Morgan fingerprint density at radius 3 is 2.54 bits per heavy atom. The number of pyridine rings is 2. The molecule has 0 amide bonds. The molecule has 1 aromatic carbocycles. The topological polar surface area (TPSA) is 74.0 Å². The molecule has 0 aliphatic rings. The highest BCUT2D eigenvalue weighted by Crippen LogP contribution is 2.28. The third kappa shape index (κ3) is 2.96. The predicted octanol–water partition coefficient (Wildman–Crippen LogP) is 4.68. The molecule has 6 nitrogen and oxygen atoms in total. The Kier molecular flexibility index (Phi) is 3.96. The zero-order valence-electron chi connectivity index (χ0n) is 14.5. The standard InChI is InChI=1S/C20H14Cl2N6/c21-14-3-12(4-15(22)6-14)13-5-19-18(24-7-13)9-26-28(19)11-17-8-25-20-2-1-16(23)10-27(17)20/h1-10H,11,23H2. The third-order valence-electron chi connectivity index (χ3n) is 4.61. The summed E-state index contributed by atoms with van der Waals surface area (Å²) in [6.07, 6.45) is 7.24. The first-order chi connectivity index (χ1) is 13.6. The van der Waals surface area contributed by atoms with Gasteiger partial charge in [-0.3, -0.25) is 9.67 Å². The van der Waals surface area contributed by atoms with Crippen LogP contribution in [0.15, 0.2) is 61.2 Å². The van der Waals surface area contributed by atoms with E-state index in [9.17, 15) is 0 Å². The summed E-state index contributed by atoms with van der Waals surface area (Å²) in [6.45, 7) is 0.537. The largest absolute Gasteiger partial charge is 0.398 e. The molecule has 0 fully saturated rings. The lowest BCUT2D eigenvalue weighted by Gasteiger charge is -2.07. The molecule has 0 spiro atoms. The Balaban J connectivity index is 1.59. The number of hydrogen-bond acceptors (Lipinski definition) is 4. The van der Waals surface area contributed by atoms with Gasteiger partial charge in [0.15, 0.2) is 0 Å². The molecule has 0 aliphatic heterocycles. The van der Waals surface area contributed by atoms with Crippen molar-refractivity contribution in [1.82, 2.24) is 24.1 Å². The second-order valence-corrected chi connectivity index (χ2v) is 7.40. The van der Waals surface area contributed by atoms with Crippen molar-refractivity contribution in [3.8, 4) is 11.1 Å². The number of benzene rings is 1. The molecule has 8 heteroatoms. The molecule has 0 saturated heterocycles. The highest BCUT2D eigenvalue weighted by molar-refractivity contribution is 6.35. The average Bonchev–Trinajstić information content (AvgIpc) is 3.25. The highest BCUT2D eigenvalue weighted by atomic mass is 35.5. The zero-order chi connectivity index (χ0) is 19.3. The summed E-state index contributed by atoms with van der Waals surface area (Å²) in [4.78, 5) is 8.96. The smallest absolute Gasteiger partial charge is 0.137 e. The van der Waals surface area contributed by atoms with Gasteiger partial charge in [0.1, 0.15) is 11.2 Å². The molecule has 0 aliphatic carbocycles. The van der Waals surface area contributed by atoms with Gasteiger partial charge in [-0.25, -0.2) is 4.98 Å². The van der Waals surface area contributed by atoms with Crippen LogP contribution in [-0.4, -0.2) is 24.1 Å². The van der Waals surface area contributed by atoms with Gasteiger partial charge in [-0.2, -0.15) is 5.10 Å². The van der Waals surface area contributed by atoms with E-state index in [0.717, 1.165) is 33.5 Å². The number of anilines is 1. The van der Waals surface area contributed by atoms with Crippen LogP contribution in [0.5, 0.6) is 0 Å². The number of fused-ring (bicyclic) bond motifs is 2. The third-order valence-corrected chi connectivity index (χ3v) is 5.04. The van der Waals surface area contributed by atoms with Crippen LogP contribution in [-0.2, 0) is 6.54 Å². The maximum Gasteiger partial charge on any atom is 0.137 e. The molecular formula is C20H14Cl2N6. The molecule has 5 aromatic rings. The Morgan fingerprint density at radius 2 is 1.71 bits per heavy atom. The van der Waals surface area contributed by atoms with Gasteiger partial charge in [0.25, 0.3) is 0 Å². The second kappa shape index (κ2) is 6.51. The molecular weight excluding hydrogens is 395 g/mol. The van der Waals surface area contributed by atoms with Gasteiger partial charge in [0.2, 0.25) is 0 Å². The summed E-state index contributed by atoms with van der Waals surface area (Å²) >= 11 is 12.3. The Hall–Kier alpha value is -3.09. The van der Waals surface area contributed by atoms with E-state index in [1.807, 2.05) is 51.8 Å². The number of nitrogen functional groups attached to an aromatic ring is 1. The predicted molar refractivity (Wildman–Crippen MR) is 112 cm³/mol. The van der Waals surface area contributed by atoms with Gasteiger partial charge in [0.05, 0.1) is 30.1 Å². The van der Waals surface area contributed by atoms with Crippen molar-refractivity contribution in [3.63, 3.8) is 0 Å². The number of aromatic nitrogens is 5. The molecule has 4 heterocycles. The first kappa shape index (κ1) is 17.0. The lowest BCUT2D eigenvalue weighted by molar-refractivity contribution is 0.692. The first-order valence-electron chi connectivity index (χ1n) is 8.56. The highest BCUT2D eigenvalue weighted by Gasteiger charge is 2.11. The van der Waals surface area contributed by atoms with E-state index in [0.29, 0.717) is 22.3 Å². The molecule has 2 N–H and O–H groups in total.